The summed E-state index contributed by atoms with van der Waals surface area (Å²) in [4.78, 5) is 22.1. The van der Waals surface area contributed by atoms with E-state index in [9.17, 15) is 4.79 Å². The Morgan fingerprint density at radius 1 is 1.12 bits per heavy atom. The van der Waals surface area contributed by atoms with E-state index in [2.05, 4.69) is 4.98 Å². The van der Waals surface area contributed by atoms with Crippen molar-refractivity contribution in [2.75, 3.05) is 13.7 Å². The smallest absolute Gasteiger partial charge is 0.262 e. The predicted octanol–water partition coefficient (Wildman–Crippen LogP) is 2.98. The van der Waals surface area contributed by atoms with Gasteiger partial charge in [-0.3, -0.25) is 9.36 Å². The number of imidazole rings is 1. The second-order valence-electron chi connectivity index (χ2n) is 5.85. The highest BCUT2D eigenvalue weighted by molar-refractivity contribution is 7.98. The van der Waals surface area contributed by atoms with Gasteiger partial charge >= 0.3 is 0 Å². The summed E-state index contributed by atoms with van der Waals surface area (Å²) in [6.07, 6.45) is 3.97. The Morgan fingerprint density at radius 2 is 1.96 bits per heavy atom. The van der Waals surface area contributed by atoms with Crippen molar-refractivity contribution in [3.8, 4) is 0 Å². The van der Waals surface area contributed by atoms with Crippen LogP contribution in [0.25, 0.3) is 16.6 Å². The molecule has 6 nitrogen and oxygen atoms in total. The highest BCUT2D eigenvalue weighted by atomic mass is 32.2. The Labute approximate surface area is 154 Å². The number of benzene rings is 1. The van der Waals surface area contributed by atoms with Gasteiger partial charge in [0, 0.05) is 25.3 Å². The van der Waals surface area contributed by atoms with E-state index in [1.54, 1.807) is 11.7 Å². The summed E-state index contributed by atoms with van der Waals surface area (Å²) in [5, 5.41) is 1.31. The standard InChI is InChI=1S/C19H18N4O2S/c1-25-11-10-23-18(24)15-6-2-3-7-16(15)21-19(23)26-13-14-12-22-9-5-4-8-17(22)20-14/h2-9,12H,10-11,13H2,1H3. The summed E-state index contributed by atoms with van der Waals surface area (Å²) in [6, 6.07) is 13.3. The average molecular weight is 366 g/mol. The van der Waals surface area contributed by atoms with Gasteiger partial charge < -0.3 is 9.14 Å². The third-order valence-corrected chi connectivity index (χ3v) is 5.12. The molecule has 0 unspecified atom stereocenters. The molecule has 0 fully saturated rings. The zero-order chi connectivity index (χ0) is 17.9. The van der Waals surface area contributed by atoms with Crippen molar-refractivity contribution < 1.29 is 4.74 Å². The highest BCUT2D eigenvalue weighted by Gasteiger charge is 2.12. The van der Waals surface area contributed by atoms with Crippen LogP contribution in [-0.4, -0.2) is 32.7 Å². The van der Waals surface area contributed by atoms with Gasteiger partial charge in [-0.25, -0.2) is 9.97 Å². The summed E-state index contributed by atoms with van der Waals surface area (Å²) >= 11 is 1.52. The molecule has 0 saturated heterocycles. The van der Waals surface area contributed by atoms with Crippen molar-refractivity contribution in [3.63, 3.8) is 0 Å². The minimum atomic E-state index is -0.0369. The number of fused-ring (bicyclic) bond motifs is 2. The average Bonchev–Trinajstić information content (AvgIpc) is 3.09. The SMILES string of the molecule is COCCn1c(SCc2cn3ccccc3n2)nc2ccccc2c1=O. The molecule has 26 heavy (non-hydrogen) atoms. The molecule has 0 bridgehead atoms. The molecular weight excluding hydrogens is 348 g/mol. The van der Waals surface area contributed by atoms with Crippen LogP contribution >= 0.6 is 11.8 Å². The normalized spacial score (nSPS) is 11.4. The molecule has 4 aromatic rings. The number of pyridine rings is 1. The molecule has 0 N–H and O–H groups in total. The van der Waals surface area contributed by atoms with Crippen molar-refractivity contribution in [1.82, 2.24) is 18.9 Å². The van der Waals surface area contributed by atoms with Gasteiger partial charge in [0.1, 0.15) is 5.65 Å². The summed E-state index contributed by atoms with van der Waals surface area (Å²) in [5.74, 6) is 0.638. The van der Waals surface area contributed by atoms with E-state index in [-0.39, 0.29) is 5.56 Å². The molecule has 0 radical (unpaired) electrons. The number of methoxy groups -OCH3 is 1. The number of aromatic nitrogens is 4. The molecule has 3 heterocycles. The van der Waals surface area contributed by atoms with E-state index in [0.29, 0.717) is 35.0 Å². The predicted molar refractivity (Wildman–Crippen MR) is 103 cm³/mol. The molecule has 0 atom stereocenters. The Bertz CT molecular complexity index is 1090. The number of para-hydroxylation sites is 1. The molecule has 0 aliphatic heterocycles. The summed E-state index contributed by atoms with van der Waals surface area (Å²) in [6.45, 7) is 0.933. The van der Waals surface area contributed by atoms with E-state index < -0.39 is 0 Å². The van der Waals surface area contributed by atoms with Gasteiger partial charge in [-0.05, 0) is 24.3 Å². The third-order valence-electron chi connectivity index (χ3n) is 4.11. The summed E-state index contributed by atoms with van der Waals surface area (Å²) < 4.78 is 8.83. The quantitative estimate of drug-likeness (QED) is 0.388. The van der Waals surface area contributed by atoms with Gasteiger partial charge in [0.15, 0.2) is 5.16 Å². The largest absolute Gasteiger partial charge is 0.383 e. The molecular formula is C19H18N4O2S. The second kappa shape index (κ2) is 7.31. The topological polar surface area (TPSA) is 61.4 Å². The fourth-order valence-corrected chi connectivity index (χ4v) is 3.74. The molecule has 4 rings (SSSR count). The van der Waals surface area contributed by atoms with Gasteiger partial charge in [-0.15, -0.1) is 0 Å². The van der Waals surface area contributed by atoms with E-state index in [4.69, 9.17) is 9.72 Å². The second-order valence-corrected chi connectivity index (χ2v) is 6.79. The van der Waals surface area contributed by atoms with Crippen LogP contribution in [0.4, 0.5) is 0 Å². The minimum Gasteiger partial charge on any atom is -0.383 e. The number of ether oxygens (including phenoxy) is 1. The van der Waals surface area contributed by atoms with E-state index in [1.165, 1.54) is 11.8 Å². The van der Waals surface area contributed by atoms with Gasteiger partial charge in [0.2, 0.25) is 0 Å². The zero-order valence-corrected chi connectivity index (χ0v) is 15.1. The lowest BCUT2D eigenvalue weighted by molar-refractivity contribution is 0.183. The molecule has 3 aromatic heterocycles. The molecule has 7 heteroatoms. The Kier molecular flexibility index (Phi) is 4.73. The number of rotatable bonds is 6. The Hall–Kier alpha value is -2.64. The minimum absolute atomic E-state index is 0.0369. The van der Waals surface area contributed by atoms with Crippen LogP contribution in [-0.2, 0) is 17.0 Å². The van der Waals surface area contributed by atoms with Crippen LogP contribution in [0.5, 0.6) is 0 Å². The van der Waals surface area contributed by atoms with E-state index in [0.717, 1.165) is 11.3 Å². The first-order valence-corrected chi connectivity index (χ1v) is 9.29. The maximum Gasteiger partial charge on any atom is 0.262 e. The summed E-state index contributed by atoms with van der Waals surface area (Å²) in [5.41, 5.74) is 2.53. The van der Waals surface area contributed by atoms with Crippen molar-refractivity contribution in [1.29, 1.82) is 0 Å². The van der Waals surface area contributed by atoms with Crippen molar-refractivity contribution in [3.05, 3.63) is 70.9 Å². The fraction of sp³-hybridized carbons (Fsp3) is 0.211. The Balaban J connectivity index is 1.68. The number of hydrogen-bond donors (Lipinski definition) is 0. The van der Waals surface area contributed by atoms with Crippen molar-refractivity contribution >= 4 is 28.3 Å². The van der Waals surface area contributed by atoms with E-state index in [1.807, 2.05) is 59.3 Å². The first-order chi connectivity index (χ1) is 12.8. The molecule has 132 valence electrons. The molecule has 0 spiro atoms. The molecule has 0 amide bonds. The van der Waals surface area contributed by atoms with Crippen LogP contribution in [0.3, 0.4) is 0 Å². The van der Waals surface area contributed by atoms with Gasteiger partial charge in [0.25, 0.3) is 5.56 Å². The van der Waals surface area contributed by atoms with Crippen molar-refractivity contribution in [2.45, 2.75) is 17.5 Å². The van der Waals surface area contributed by atoms with Crippen LogP contribution < -0.4 is 5.56 Å². The number of nitrogens with zero attached hydrogens (tertiary/aromatic N) is 4. The van der Waals surface area contributed by atoms with Crippen LogP contribution in [0.2, 0.25) is 0 Å². The monoisotopic (exact) mass is 366 g/mol. The molecule has 0 saturated carbocycles. The zero-order valence-electron chi connectivity index (χ0n) is 14.3. The molecule has 1 aromatic carbocycles. The fourth-order valence-electron chi connectivity index (χ4n) is 2.83. The molecule has 0 aliphatic rings. The lowest BCUT2D eigenvalue weighted by Crippen LogP contribution is -2.25. The number of hydrogen-bond acceptors (Lipinski definition) is 5. The van der Waals surface area contributed by atoms with Gasteiger partial charge in [0.05, 0.1) is 29.7 Å². The highest BCUT2D eigenvalue weighted by Crippen LogP contribution is 2.22. The van der Waals surface area contributed by atoms with Crippen LogP contribution in [0, 0.1) is 0 Å². The van der Waals surface area contributed by atoms with Gasteiger partial charge in [-0.2, -0.15) is 0 Å². The van der Waals surface area contributed by atoms with Crippen LogP contribution in [0.15, 0.2) is 64.8 Å². The lowest BCUT2D eigenvalue weighted by Gasteiger charge is -2.12. The number of thioether (sulfide) groups is 1. The van der Waals surface area contributed by atoms with Crippen LogP contribution in [0.1, 0.15) is 5.69 Å². The van der Waals surface area contributed by atoms with Crippen molar-refractivity contribution in [2.24, 2.45) is 0 Å². The summed E-state index contributed by atoms with van der Waals surface area (Å²) in [7, 11) is 1.63. The maximum atomic E-state index is 12.8. The van der Waals surface area contributed by atoms with E-state index >= 15 is 0 Å². The first kappa shape index (κ1) is 16.8. The third kappa shape index (κ3) is 3.23. The Morgan fingerprint density at radius 3 is 2.81 bits per heavy atom. The first-order valence-electron chi connectivity index (χ1n) is 8.30. The van der Waals surface area contributed by atoms with Gasteiger partial charge in [-0.1, -0.05) is 30.0 Å². The maximum absolute atomic E-state index is 12.8. The molecule has 0 aliphatic carbocycles. The lowest BCUT2D eigenvalue weighted by atomic mass is 10.2.